The summed E-state index contributed by atoms with van der Waals surface area (Å²) in [5.41, 5.74) is 3.27. The number of hydrogen-bond donors (Lipinski definition) is 3. The second-order valence-electron chi connectivity index (χ2n) is 5.92. The van der Waals surface area contributed by atoms with Crippen molar-refractivity contribution in [3.8, 4) is 0 Å². The fraction of sp³-hybridized carbons (Fsp3) is 0.222. The van der Waals surface area contributed by atoms with Crippen molar-refractivity contribution in [3.63, 3.8) is 0 Å². The predicted octanol–water partition coefficient (Wildman–Crippen LogP) is 3.33. The Kier molecular flexibility index (Phi) is 4.57. The van der Waals surface area contributed by atoms with Crippen LogP contribution in [0.4, 0.5) is 17.2 Å². The zero-order chi connectivity index (χ0) is 17.9. The molecule has 3 N–H and O–H groups in total. The van der Waals surface area contributed by atoms with Crippen LogP contribution in [0, 0.1) is 0 Å². The summed E-state index contributed by atoms with van der Waals surface area (Å²) >= 11 is 1.60. The van der Waals surface area contributed by atoms with Crippen LogP contribution in [0.2, 0.25) is 0 Å². The molecule has 0 saturated heterocycles. The number of fused-ring (bicyclic) bond motifs is 2. The number of aryl methyl sites for hydroxylation is 1. The van der Waals surface area contributed by atoms with Crippen molar-refractivity contribution >= 4 is 29.0 Å². The van der Waals surface area contributed by atoms with E-state index in [9.17, 15) is 4.79 Å². The van der Waals surface area contributed by atoms with Gasteiger partial charge in [0.15, 0.2) is 5.82 Å². The number of aromatic nitrogens is 4. The van der Waals surface area contributed by atoms with E-state index in [1.54, 1.807) is 24.2 Å². The summed E-state index contributed by atoms with van der Waals surface area (Å²) in [5, 5.41) is 7.43. The van der Waals surface area contributed by atoms with Gasteiger partial charge < -0.3 is 15.6 Å². The summed E-state index contributed by atoms with van der Waals surface area (Å²) < 4.78 is 0. The lowest BCUT2D eigenvalue weighted by molar-refractivity contribution is 0.864. The number of anilines is 3. The van der Waals surface area contributed by atoms with E-state index in [1.165, 1.54) is 6.33 Å². The van der Waals surface area contributed by atoms with Gasteiger partial charge in [-0.1, -0.05) is 31.2 Å². The summed E-state index contributed by atoms with van der Waals surface area (Å²) in [6, 6.07) is 6.17. The minimum Gasteiger partial charge on any atom is -0.375 e. The quantitative estimate of drug-likeness (QED) is 0.498. The molecule has 1 aliphatic heterocycles. The van der Waals surface area contributed by atoms with Crippen LogP contribution in [0.3, 0.4) is 0 Å². The van der Waals surface area contributed by atoms with Crippen molar-refractivity contribution in [2.24, 2.45) is 0 Å². The highest BCUT2D eigenvalue weighted by atomic mass is 32.2. The number of H-pyrrole nitrogens is 1. The molecule has 2 aromatic heterocycles. The van der Waals surface area contributed by atoms with Gasteiger partial charge in [0, 0.05) is 23.8 Å². The Labute approximate surface area is 154 Å². The average Bonchev–Trinajstić information content (AvgIpc) is 2.66. The van der Waals surface area contributed by atoms with Crippen molar-refractivity contribution in [2.45, 2.75) is 36.2 Å². The van der Waals surface area contributed by atoms with Crippen LogP contribution in [-0.2, 0) is 13.0 Å². The molecule has 0 saturated carbocycles. The highest BCUT2D eigenvalue weighted by Gasteiger charge is 2.18. The SMILES string of the molecule is CCCc1nc[nH]c(=O)c1NCc1ccc2c(c1)Nc1nccnc1S2. The van der Waals surface area contributed by atoms with Gasteiger partial charge in [-0.2, -0.15) is 0 Å². The van der Waals surface area contributed by atoms with E-state index < -0.39 is 0 Å². The van der Waals surface area contributed by atoms with Gasteiger partial charge in [0.25, 0.3) is 5.56 Å². The molecule has 4 rings (SSSR count). The van der Waals surface area contributed by atoms with Crippen LogP contribution in [0.1, 0.15) is 24.6 Å². The first-order chi connectivity index (χ1) is 12.7. The smallest absolute Gasteiger partial charge is 0.274 e. The summed E-state index contributed by atoms with van der Waals surface area (Å²) in [4.78, 5) is 28.8. The first kappa shape index (κ1) is 16.6. The molecule has 1 aliphatic rings. The highest BCUT2D eigenvalue weighted by molar-refractivity contribution is 7.99. The second-order valence-corrected chi connectivity index (χ2v) is 6.96. The van der Waals surface area contributed by atoms with Crippen LogP contribution in [0.15, 0.2) is 51.6 Å². The molecule has 0 aliphatic carbocycles. The third kappa shape index (κ3) is 3.28. The standard InChI is InChI=1S/C18H18N6OS/c1-2-3-12-15(17(25)23-10-22-12)21-9-11-4-5-14-13(8-11)24-16-18(26-14)20-7-6-19-16/h4-8,10,21H,2-3,9H2,1H3,(H,19,24)(H,22,23,25). The molecule has 0 amide bonds. The van der Waals surface area contributed by atoms with Gasteiger partial charge in [-0.3, -0.25) is 4.79 Å². The highest BCUT2D eigenvalue weighted by Crippen LogP contribution is 2.42. The van der Waals surface area contributed by atoms with Crippen LogP contribution >= 0.6 is 11.8 Å². The molecule has 3 heterocycles. The third-order valence-electron chi connectivity index (χ3n) is 4.06. The van der Waals surface area contributed by atoms with E-state index in [-0.39, 0.29) is 5.56 Å². The Balaban J connectivity index is 1.54. The van der Waals surface area contributed by atoms with Crippen molar-refractivity contribution in [3.05, 3.63) is 58.5 Å². The number of nitrogens with one attached hydrogen (secondary N) is 3. The Morgan fingerprint density at radius 2 is 2.08 bits per heavy atom. The maximum atomic E-state index is 12.1. The number of aromatic amines is 1. The molecule has 0 fully saturated rings. The minimum absolute atomic E-state index is 0.140. The van der Waals surface area contributed by atoms with Gasteiger partial charge in [-0.05, 0) is 24.1 Å². The number of benzene rings is 1. The summed E-state index contributed by atoms with van der Waals surface area (Å²) in [6.07, 6.45) is 6.52. The van der Waals surface area contributed by atoms with E-state index >= 15 is 0 Å². The maximum absolute atomic E-state index is 12.1. The van der Waals surface area contributed by atoms with Gasteiger partial charge in [0.2, 0.25) is 0 Å². The lowest BCUT2D eigenvalue weighted by Crippen LogP contribution is -2.17. The summed E-state index contributed by atoms with van der Waals surface area (Å²) in [5.74, 6) is 0.768. The second kappa shape index (κ2) is 7.17. The normalized spacial score (nSPS) is 12.0. The van der Waals surface area contributed by atoms with E-state index in [2.05, 4.69) is 49.6 Å². The number of rotatable bonds is 5. The molecule has 26 heavy (non-hydrogen) atoms. The van der Waals surface area contributed by atoms with Crippen LogP contribution in [0.25, 0.3) is 0 Å². The number of nitrogens with zero attached hydrogens (tertiary/aromatic N) is 3. The van der Waals surface area contributed by atoms with E-state index in [0.717, 1.165) is 45.5 Å². The Bertz CT molecular complexity index is 1000. The Morgan fingerprint density at radius 3 is 2.96 bits per heavy atom. The summed E-state index contributed by atoms with van der Waals surface area (Å²) in [7, 11) is 0. The van der Waals surface area contributed by atoms with Gasteiger partial charge >= 0.3 is 0 Å². The monoisotopic (exact) mass is 366 g/mol. The molecule has 8 heteroatoms. The lowest BCUT2D eigenvalue weighted by Gasteiger charge is -2.19. The van der Waals surface area contributed by atoms with E-state index in [0.29, 0.717) is 12.2 Å². The Morgan fingerprint density at radius 1 is 1.19 bits per heavy atom. The molecule has 0 atom stereocenters. The lowest BCUT2D eigenvalue weighted by atomic mass is 10.1. The fourth-order valence-electron chi connectivity index (χ4n) is 2.83. The molecular formula is C18H18N6OS. The molecule has 3 aromatic rings. The first-order valence-electron chi connectivity index (χ1n) is 8.44. The first-order valence-corrected chi connectivity index (χ1v) is 9.25. The topological polar surface area (TPSA) is 95.6 Å². The largest absolute Gasteiger partial charge is 0.375 e. The van der Waals surface area contributed by atoms with Gasteiger partial charge in [0.1, 0.15) is 10.7 Å². The molecule has 1 aromatic carbocycles. The molecule has 0 spiro atoms. The van der Waals surface area contributed by atoms with Gasteiger partial charge in [-0.25, -0.2) is 15.0 Å². The Hall–Kier alpha value is -2.87. The van der Waals surface area contributed by atoms with Crippen LogP contribution in [0.5, 0.6) is 0 Å². The van der Waals surface area contributed by atoms with Crippen molar-refractivity contribution < 1.29 is 0 Å². The molecule has 132 valence electrons. The maximum Gasteiger partial charge on any atom is 0.274 e. The van der Waals surface area contributed by atoms with Crippen molar-refractivity contribution in [2.75, 3.05) is 10.6 Å². The van der Waals surface area contributed by atoms with Gasteiger partial charge in [0.05, 0.1) is 17.7 Å². The van der Waals surface area contributed by atoms with Crippen LogP contribution < -0.4 is 16.2 Å². The molecular weight excluding hydrogens is 348 g/mol. The van der Waals surface area contributed by atoms with E-state index in [1.807, 2.05) is 6.07 Å². The summed E-state index contributed by atoms with van der Waals surface area (Å²) in [6.45, 7) is 2.61. The predicted molar refractivity (Wildman–Crippen MR) is 102 cm³/mol. The molecule has 0 unspecified atom stereocenters. The number of hydrogen-bond acceptors (Lipinski definition) is 7. The molecule has 7 nitrogen and oxygen atoms in total. The zero-order valence-corrected chi connectivity index (χ0v) is 15.1. The molecule has 0 radical (unpaired) electrons. The van der Waals surface area contributed by atoms with E-state index in [4.69, 9.17) is 0 Å². The minimum atomic E-state index is -0.140. The van der Waals surface area contributed by atoms with Crippen molar-refractivity contribution in [1.29, 1.82) is 0 Å². The van der Waals surface area contributed by atoms with Gasteiger partial charge in [-0.15, -0.1) is 0 Å². The zero-order valence-electron chi connectivity index (χ0n) is 14.2. The third-order valence-corrected chi connectivity index (χ3v) is 5.12. The van der Waals surface area contributed by atoms with Crippen LogP contribution in [-0.4, -0.2) is 19.9 Å². The fourth-order valence-corrected chi connectivity index (χ4v) is 3.71. The van der Waals surface area contributed by atoms with Crippen molar-refractivity contribution in [1.82, 2.24) is 19.9 Å². The average molecular weight is 366 g/mol. The molecule has 0 bridgehead atoms.